The lowest BCUT2D eigenvalue weighted by atomic mass is 9.89. The second-order valence-electron chi connectivity index (χ2n) is 10.6. The topological polar surface area (TPSA) is 97.4 Å². The molecule has 2 saturated heterocycles. The first-order chi connectivity index (χ1) is 18.5. The molecule has 200 valence electrons. The summed E-state index contributed by atoms with van der Waals surface area (Å²) < 4.78 is 18.1. The van der Waals surface area contributed by atoms with Gasteiger partial charge in [-0.1, -0.05) is 18.6 Å². The van der Waals surface area contributed by atoms with Crippen molar-refractivity contribution in [2.24, 2.45) is 0 Å². The summed E-state index contributed by atoms with van der Waals surface area (Å²) in [5, 5.41) is 2.35. The van der Waals surface area contributed by atoms with E-state index < -0.39 is 11.9 Å². The lowest BCUT2D eigenvalue weighted by Crippen LogP contribution is -2.62. The van der Waals surface area contributed by atoms with Gasteiger partial charge >= 0.3 is 0 Å². The van der Waals surface area contributed by atoms with Crippen LogP contribution in [-0.2, 0) is 16.1 Å². The molecule has 2 aromatic rings. The highest BCUT2D eigenvalue weighted by Crippen LogP contribution is 2.35. The number of carbonyl (C=O) groups is 3. The van der Waals surface area contributed by atoms with E-state index in [9.17, 15) is 14.4 Å². The molecular weight excluding hydrogens is 486 g/mol. The Balaban J connectivity index is 1.09. The van der Waals surface area contributed by atoms with Crippen LogP contribution >= 0.6 is 0 Å². The molecule has 0 bridgehead atoms. The van der Waals surface area contributed by atoms with Gasteiger partial charge in [0, 0.05) is 37.7 Å². The number of imide groups is 1. The number of nitrogens with one attached hydrogen (secondary N) is 1. The Kier molecular flexibility index (Phi) is 6.69. The van der Waals surface area contributed by atoms with Crippen molar-refractivity contribution in [2.45, 2.75) is 69.4 Å². The van der Waals surface area contributed by atoms with E-state index in [0.29, 0.717) is 24.6 Å². The number of benzene rings is 2. The van der Waals surface area contributed by atoms with Crippen LogP contribution in [0.4, 0.5) is 0 Å². The summed E-state index contributed by atoms with van der Waals surface area (Å²) in [6.07, 6.45) is 5.16. The summed E-state index contributed by atoms with van der Waals surface area (Å²) in [5.74, 6) is 1.42. The minimum absolute atomic E-state index is 0.0670. The molecule has 4 aliphatic rings. The normalized spacial score (nSPS) is 26.0. The highest BCUT2D eigenvalue weighted by atomic mass is 16.5. The third-order valence-electron chi connectivity index (χ3n) is 8.16. The van der Waals surface area contributed by atoms with Gasteiger partial charge in [0.05, 0.1) is 7.11 Å². The Hall–Kier alpha value is -3.59. The number of ether oxygens (including phenoxy) is 3. The first-order valence-corrected chi connectivity index (χ1v) is 13.5. The van der Waals surface area contributed by atoms with E-state index in [4.69, 9.17) is 14.2 Å². The third-order valence-corrected chi connectivity index (χ3v) is 8.16. The van der Waals surface area contributed by atoms with Gasteiger partial charge in [0.15, 0.2) is 11.5 Å². The highest BCUT2D eigenvalue weighted by Gasteiger charge is 2.41. The summed E-state index contributed by atoms with van der Waals surface area (Å²) in [5.41, 5.74) is 1.46. The predicted octanol–water partition coefficient (Wildman–Crippen LogP) is 2.91. The summed E-state index contributed by atoms with van der Waals surface area (Å²) in [6.45, 7) is 2.05. The van der Waals surface area contributed by atoms with Crippen LogP contribution in [0.2, 0.25) is 0 Å². The number of methoxy groups -OCH3 is 1. The lowest BCUT2D eigenvalue weighted by molar-refractivity contribution is -0.136. The Bertz CT molecular complexity index is 1240. The van der Waals surface area contributed by atoms with Gasteiger partial charge < -0.3 is 19.1 Å². The molecular formula is C29H33N3O6. The van der Waals surface area contributed by atoms with Gasteiger partial charge in [-0.2, -0.15) is 0 Å². The predicted molar refractivity (Wildman–Crippen MR) is 138 cm³/mol. The molecule has 3 unspecified atom stereocenters. The van der Waals surface area contributed by atoms with Gasteiger partial charge in [0.25, 0.3) is 5.91 Å². The molecule has 38 heavy (non-hydrogen) atoms. The molecule has 0 spiro atoms. The fraction of sp³-hybridized carbons (Fsp3) is 0.483. The van der Waals surface area contributed by atoms with E-state index in [1.54, 1.807) is 18.1 Å². The number of hydrogen-bond acceptors (Lipinski definition) is 7. The van der Waals surface area contributed by atoms with Crippen molar-refractivity contribution >= 4 is 17.7 Å². The maximum Gasteiger partial charge on any atom is 0.255 e. The van der Waals surface area contributed by atoms with Gasteiger partial charge in [-0.05, 0) is 61.6 Å². The Morgan fingerprint density at radius 1 is 0.921 bits per heavy atom. The van der Waals surface area contributed by atoms with Gasteiger partial charge in [-0.3, -0.25) is 24.6 Å². The smallest absolute Gasteiger partial charge is 0.255 e. The largest absolute Gasteiger partial charge is 0.493 e. The lowest BCUT2D eigenvalue weighted by Gasteiger charge is -2.47. The third kappa shape index (κ3) is 4.71. The zero-order valence-electron chi connectivity index (χ0n) is 21.6. The van der Waals surface area contributed by atoms with E-state index in [-0.39, 0.29) is 30.4 Å². The van der Waals surface area contributed by atoms with Gasteiger partial charge in [0.2, 0.25) is 11.8 Å². The minimum Gasteiger partial charge on any atom is -0.493 e. The molecule has 3 fully saturated rings. The number of hydrogen-bond donors (Lipinski definition) is 1. The minimum atomic E-state index is -0.614. The van der Waals surface area contributed by atoms with Crippen LogP contribution in [0, 0.1) is 0 Å². The molecule has 0 aromatic heterocycles. The van der Waals surface area contributed by atoms with E-state index in [1.165, 1.54) is 6.42 Å². The molecule has 9 nitrogen and oxygen atoms in total. The highest BCUT2D eigenvalue weighted by molar-refractivity contribution is 6.05. The second-order valence-corrected chi connectivity index (χ2v) is 10.6. The molecule has 6 rings (SSSR count). The van der Waals surface area contributed by atoms with Crippen LogP contribution in [-0.4, -0.2) is 72.0 Å². The van der Waals surface area contributed by atoms with Crippen LogP contribution in [0.5, 0.6) is 17.2 Å². The zero-order valence-corrected chi connectivity index (χ0v) is 21.6. The van der Waals surface area contributed by atoms with Crippen LogP contribution in [0.3, 0.4) is 0 Å². The molecule has 1 aliphatic carbocycles. The number of carbonyl (C=O) groups excluding carboxylic acids is 3. The Morgan fingerprint density at radius 2 is 1.71 bits per heavy atom. The van der Waals surface area contributed by atoms with Crippen LogP contribution in [0.1, 0.15) is 54.4 Å². The number of para-hydroxylation sites is 2. The van der Waals surface area contributed by atoms with Crippen molar-refractivity contribution in [1.29, 1.82) is 0 Å². The molecule has 9 heteroatoms. The van der Waals surface area contributed by atoms with Crippen molar-refractivity contribution in [3.8, 4) is 17.2 Å². The van der Waals surface area contributed by atoms with Crippen LogP contribution in [0.15, 0.2) is 42.5 Å². The maximum absolute atomic E-state index is 13.0. The SMILES string of the molecule is COc1ccccc1OC1CN(C2CCCCC2Oc2ccc3c(c2)CN(C2CCC(=O)NC2=O)C3=O)C1. The van der Waals surface area contributed by atoms with E-state index in [0.717, 1.165) is 55.2 Å². The van der Waals surface area contributed by atoms with E-state index in [1.807, 2.05) is 36.4 Å². The fourth-order valence-corrected chi connectivity index (χ4v) is 6.14. The summed E-state index contributed by atoms with van der Waals surface area (Å²) in [4.78, 5) is 40.9. The van der Waals surface area contributed by atoms with Gasteiger partial charge in [-0.25, -0.2) is 0 Å². The molecule has 3 amide bonds. The molecule has 0 radical (unpaired) electrons. The molecule has 2 aromatic carbocycles. The Labute approximate surface area is 222 Å². The average molecular weight is 520 g/mol. The number of fused-ring (bicyclic) bond motifs is 1. The number of nitrogens with zero attached hydrogens (tertiary/aromatic N) is 2. The van der Waals surface area contributed by atoms with Gasteiger partial charge in [-0.15, -0.1) is 0 Å². The van der Waals surface area contributed by atoms with Crippen molar-refractivity contribution in [1.82, 2.24) is 15.1 Å². The van der Waals surface area contributed by atoms with Gasteiger partial charge in [0.1, 0.15) is 24.0 Å². The number of rotatable bonds is 7. The quantitative estimate of drug-likeness (QED) is 0.562. The molecule has 3 atom stereocenters. The summed E-state index contributed by atoms with van der Waals surface area (Å²) in [6, 6.07) is 13.0. The number of piperidine rings is 1. The van der Waals surface area contributed by atoms with E-state index >= 15 is 0 Å². The van der Waals surface area contributed by atoms with Crippen molar-refractivity contribution in [2.75, 3.05) is 20.2 Å². The number of amides is 3. The molecule has 1 N–H and O–H groups in total. The van der Waals surface area contributed by atoms with Crippen molar-refractivity contribution < 1.29 is 28.6 Å². The molecule has 1 saturated carbocycles. The number of likely N-dealkylation sites (tertiary alicyclic amines) is 1. The average Bonchev–Trinajstić information content (AvgIpc) is 3.22. The standard InChI is InChI=1S/C29H33N3O6/c1-36-25-8-4-5-9-26(25)38-20-16-31(17-20)22-6-2-3-7-24(22)37-19-10-11-21-18(14-19)15-32(29(21)35)23-12-13-27(33)30-28(23)34/h4-5,8-11,14,20,22-24H,2-3,6-7,12-13,15-17H2,1H3,(H,30,33,34). The fourth-order valence-electron chi connectivity index (χ4n) is 6.14. The van der Waals surface area contributed by atoms with Crippen molar-refractivity contribution in [3.63, 3.8) is 0 Å². The van der Waals surface area contributed by atoms with Crippen molar-refractivity contribution in [3.05, 3.63) is 53.6 Å². The summed E-state index contributed by atoms with van der Waals surface area (Å²) in [7, 11) is 1.65. The molecule has 3 heterocycles. The van der Waals surface area contributed by atoms with Crippen LogP contribution in [0.25, 0.3) is 0 Å². The molecule has 3 aliphatic heterocycles. The van der Waals surface area contributed by atoms with E-state index in [2.05, 4.69) is 10.2 Å². The zero-order chi connectivity index (χ0) is 26.2. The van der Waals surface area contributed by atoms with Crippen LogP contribution < -0.4 is 19.5 Å². The maximum atomic E-state index is 13.0. The Morgan fingerprint density at radius 3 is 2.50 bits per heavy atom. The second kappa shape index (κ2) is 10.3. The monoisotopic (exact) mass is 519 g/mol. The first kappa shape index (κ1) is 24.7. The summed E-state index contributed by atoms with van der Waals surface area (Å²) >= 11 is 0. The first-order valence-electron chi connectivity index (χ1n) is 13.5.